The van der Waals surface area contributed by atoms with Crippen LogP contribution in [0.5, 0.6) is 23.0 Å². The van der Waals surface area contributed by atoms with Crippen LogP contribution in [0.4, 0.5) is 11.6 Å². The standard InChI is InChI=1S/C28H28N4O5/c1-16-24(27(33)30-19-11-7-9-13-21(19)34-2)25(17-14-22(35-3)26(37-5)23(15-17)36-4)32-20-12-8-6-10-18(20)31-28(32)29-16/h6-15,25H,1-5H3,(H,29,31)(H,30,33)/t25-/m0/s1. The summed E-state index contributed by atoms with van der Waals surface area (Å²) in [6, 6.07) is 18.3. The van der Waals surface area contributed by atoms with Gasteiger partial charge in [-0.25, -0.2) is 4.98 Å². The van der Waals surface area contributed by atoms with Crippen LogP contribution >= 0.6 is 0 Å². The van der Waals surface area contributed by atoms with Gasteiger partial charge < -0.3 is 29.6 Å². The van der Waals surface area contributed by atoms with E-state index in [-0.39, 0.29) is 5.91 Å². The lowest BCUT2D eigenvalue weighted by Crippen LogP contribution is -2.31. The number of imidazole rings is 1. The minimum absolute atomic E-state index is 0.281. The third-order valence-electron chi connectivity index (χ3n) is 6.43. The number of allylic oxidation sites excluding steroid dienone is 1. The Labute approximate surface area is 214 Å². The van der Waals surface area contributed by atoms with Crippen molar-refractivity contribution in [3.63, 3.8) is 0 Å². The smallest absolute Gasteiger partial charge is 0.255 e. The number of carbonyl (C=O) groups is 1. The van der Waals surface area contributed by atoms with Gasteiger partial charge in [-0.2, -0.15) is 0 Å². The van der Waals surface area contributed by atoms with E-state index in [4.69, 9.17) is 23.9 Å². The Morgan fingerprint density at radius 3 is 2.22 bits per heavy atom. The number of carbonyl (C=O) groups excluding carboxylic acids is 1. The van der Waals surface area contributed by atoms with E-state index < -0.39 is 6.04 Å². The number of hydrogen-bond donors (Lipinski definition) is 2. The minimum Gasteiger partial charge on any atom is -0.495 e. The zero-order valence-electron chi connectivity index (χ0n) is 21.3. The van der Waals surface area contributed by atoms with Crippen molar-refractivity contribution in [3.05, 3.63) is 77.5 Å². The first-order valence-corrected chi connectivity index (χ1v) is 11.7. The van der Waals surface area contributed by atoms with Crippen molar-refractivity contribution in [1.82, 2.24) is 9.55 Å². The molecule has 0 bridgehead atoms. The van der Waals surface area contributed by atoms with Gasteiger partial charge in [0.05, 0.1) is 56.8 Å². The lowest BCUT2D eigenvalue weighted by atomic mass is 9.93. The van der Waals surface area contributed by atoms with Gasteiger partial charge >= 0.3 is 0 Å². The van der Waals surface area contributed by atoms with Gasteiger partial charge in [-0.3, -0.25) is 9.36 Å². The molecule has 0 radical (unpaired) electrons. The molecule has 190 valence electrons. The highest BCUT2D eigenvalue weighted by Crippen LogP contribution is 2.45. The van der Waals surface area contributed by atoms with Crippen molar-refractivity contribution in [1.29, 1.82) is 0 Å². The van der Waals surface area contributed by atoms with E-state index in [0.29, 0.717) is 45.9 Å². The maximum absolute atomic E-state index is 13.9. The second-order valence-corrected chi connectivity index (χ2v) is 8.47. The summed E-state index contributed by atoms with van der Waals surface area (Å²) in [5.41, 5.74) is 4.20. The van der Waals surface area contributed by atoms with Crippen molar-refractivity contribution >= 4 is 28.6 Å². The Hall–Kier alpha value is -4.66. The summed E-state index contributed by atoms with van der Waals surface area (Å²) in [6.45, 7) is 1.87. The fraction of sp³-hybridized carbons (Fsp3) is 0.214. The molecule has 1 amide bonds. The number of rotatable bonds is 7. The van der Waals surface area contributed by atoms with Crippen LogP contribution in [0.25, 0.3) is 11.0 Å². The average molecular weight is 501 g/mol. The molecular formula is C28H28N4O5. The molecule has 0 unspecified atom stereocenters. The predicted molar refractivity (Wildman–Crippen MR) is 142 cm³/mol. The highest BCUT2D eigenvalue weighted by atomic mass is 16.5. The molecule has 0 aliphatic carbocycles. The summed E-state index contributed by atoms with van der Waals surface area (Å²) in [4.78, 5) is 18.7. The molecule has 1 atom stereocenters. The topological polar surface area (TPSA) is 95.9 Å². The van der Waals surface area contributed by atoms with Crippen molar-refractivity contribution in [3.8, 4) is 23.0 Å². The fourth-order valence-electron chi connectivity index (χ4n) is 4.77. The fourth-order valence-corrected chi connectivity index (χ4v) is 4.77. The number of anilines is 2. The van der Waals surface area contributed by atoms with Crippen molar-refractivity contribution in [2.75, 3.05) is 39.1 Å². The summed E-state index contributed by atoms with van der Waals surface area (Å²) in [7, 11) is 6.26. The quantitative estimate of drug-likeness (QED) is 0.369. The maximum Gasteiger partial charge on any atom is 0.255 e. The highest BCUT2D eigenvalue weighted by Gasteiger charge is 2.35. The van der Waals surface area contributed by atoms with E-state index in [1.165, 1.54) is 0 Å². The zero-order chi connectivity index (χ0) is 26.1. The summed E-state index contributed by atoms with van der Waals surface area (Å²) in [5.74, 6) is 2.37. The number of nitrogens with one attached hydrogen (secondary N) is 2. The number of fused-ring (bicyclic) bond motifs is 3. The first kappa shape index (κ1) is 24.1. The molecule has 1 aliphatic rings. The van der Waals surface area contributed by atoms with Crippen LogP contribution in [0, 0.1) is 0 Å². The Balaban J connectivity index is 1.72. The first-order valence-electron chi connectivity index (χ1n) is 11.7. The molecule has 9 heteroatoms. The monoisotopic (exact) mass is 500 g/mol. The van der Waals surface area contributed by atoms with Crippen LogP contribution < -0.4 is 29.6 Å². The van der Waals surface area contributed by atoms with E-state index in [1.54, 1.807) is 40.6 Å². The van der Waals surface area contributed by atoms with Crippen molar-refractivity contribution in [2.45, 2.75) is 13.0 Å². The van der Waals surface area contributed by atoms with E-state index >= 15 is 0 Å². The number of aromatic nitrogens is 2. The van der Waals surface area contributed by atoms with Crippen LogP contribution in [0.1, 0.15) is 18.5 Å². The highest BCUT2D eigenvalue weighted by molar-refractivity contribution is 6.07. The second-order valence-electron chi connectivity index (χ2n) is 8.47. The third kappa shape index (κ3) is 4.08. The Bertz CT molecular complexity index is 1500. The van der Waals surface area contributed by atoms with E-state index in [2.05, 4.69) is 10.6 Å². The zero-order valence-corrected chi connectivity index (χ0v) is 21.3. The number of benzene rings is 3. The van der Waals surface area contributed by atoms with Crippen LogP contribution in [0.2, 0.25) is 0 Å². The number of ether oxygens (including phenoxy) is 4. The molecule has 0 saturated carbocycles. The minimum atomic E-state index is -0.549. The molecule has 1 aromatic heterocycles. The second kappa shape index (κ2) is 9.77. The lowest BCUT2D eigenvalue weighted by molar-refractivity contribution is -0.113. The van der Waals surface area contributed by atoms with Gasteiger partial charge in [0.25, 0.3) is 5.91 Å². The van der Waals surface area contributed by atoms with Crippen molar-refractivity contribution in [2.24, 2.45) is 0 Å². The average Bonchev–Trinajstić information content (AvgIpc) is 3.29. The number of nitrogens with zero attached hydrogens (tertiary/aromatic N) is 2. The number of para-hydroxylation sites is 4. The van der Waals surface area contributed by atoms with Gasteiger partial charge in [0, 0.05) is 5.70 Å². The van der Waals surface area contributed by atoms with Crippen molar-refractivity contribution < 1.29 is 23.7 Å². The SMILES string of the molecule is COc1ccccc1NC(=O)C1=C(C)Nc2nc3ccccc3n2[C@H]1c1cc(OC)c(OC)c(OC)c1. The van der Waals surface area contributed by atoms with E-state index in [0.717, 1.165) is 16.6 Å². The molecule has 3 aromatic carbocycles. The normalized spacial score (nSPS) is 14.6. The lowest BCUT2D eigenvalue weighted by Gasteiger charge is -2.31. The Morgan fingerprint density at radius 2 is 1.54 bits per heavy atom. The molecular weight excluding hydrogens is 472 g/mol. The molecule has 2 N–H and O–H groups in total. The molecule has 5 rings (SSSR count). The molecule has 2 heterocycles. The third-order valence-corrected chi connectivity index (χ3v) is 6.43. The van der Waals surface area contributed by atoms with E-state index in [9.17, 15) is 4.79 Å². The molecule has 9 nitrogen and oxygen atoms in total. The van der Waals surface area contributed by atoms with Crippen LogP contribution in [-0.4, -0.2) is 43.9 Å². The number of amides is 1. The largest absolute Gasteiger partial charge is 0.495 e. The summed E-state index contributed by atoms with van der Waals surface area (Å²) in [6.07, 6.45) is 0. The Kier molecular flexibility index (Phi) is 6.35. The van der Waals surface area contributed by atoms with Crippen LogP contribution in [-0.2, 0) is 4.79 Å². The van der Waals surface area contributed by atoms with Gasteiger partial charge in [0.15, 0.2) is 11.5 Å². The summed E-state index contributed by atoms with van der Waals surface area (Å²) < 4.78 is 24.3. The Morgan fingerprint density at radius 1 is 0.892 bits per heavy atom. The molecule has 1 aliphatic heterocycles. The molecule has 37 heavy (non-hydrogen) atoms. The molecule has 4 aromatic rings. The number of methoxy groups -OCH3 is 4. The summed E-state index contributed by atoms with van der Waals surface area (Å²) >= 11 is 0. The maximum atomic E-state index is 13.9. The first-order chi connectivity index (χ1) is 18.0. The van der Waals surface area contributed by atoms with Crippen LogP contribution in [0.15, 0.2) is 71.9 Å². The number of hydrogen-bond acceptors (Lipinski definition) is 7. The van der Waals surface area contributed by atoms with Gasteiger partial charge in [-0.15, -0.1) is 0 Å². The molecule has 0 fully saturated rings. The molecule has 0 spiro atoms. The van der Waals surface area contributed by atoms with E-state index in [1.807, 2.05) is 60.0 Å². The molecule has 0 saturated heterocycles. The van der Waals surface area contributed by atoms with Gasteiger partial charge in [0.2, 0.25) is 11.7 Å². The van der Waals surface area contributed by atoms with Gasteiger partial charge in [0.1, 0.15) is 5.75 Å². The van der Waals surface area contributed by atoms with Gasteiger partial charge in [-0.05, 0) is 48.9 Å². The van der Waals surface area contributed by atoms with Crippen LogP contribution in [0.3, 0.4) is 0 Å². The summed E-state index contributed by atoms with van der Waals surface area (Å²) in [5, 5.41) is 6.36. The van der Waals surface area contributed by atoms with Gasteiger partial charge in [-0.1, -0.05) is 24.3 Å². The predicted octanol–water partition coefficient (Wildman–Crippen LogP) is 5.00.